The van der Waals surface area contributed by atoms with E-state index in [1.54, 1.807) is 48.9 Å². The van der Waals surface area contributed by atoms with E-state index < -0.39 is 0 Å². The van der Waals surface area contributed by atoms with Crippen molar-refractivity contribution in [3.8, 4) is 11.5 Å². The van der Waals surface area contributed by atoms with Gasteiger partial charge in [-0.15, -0.1) is 0 Å². The van der Waals surface area contributed by atoms with E-state index in [9.17, 15) is 9.18 Å². The maximum atomic E-state index is 13.4. The van der Waals surface area contributed by atoms with Gasteiger partial charge >= 0.3 is 0 Å². The molecule has 2 aromatic carbocycles. The number of carbonyl (C=O) groups excluding carboxylic acids is 1. The van der Waals surface area contributed by atoms with E-state index in [0.717, 1.165) is 16.5 Å². The fraction of sp³-hybridized carbons (Fsp3) is 0.100. The van der Waals surface area contributed by atoms with E-state index in [4.69, 9.17) is 4.74 Å². The molecule has 0 saturated heterocycles. The number of halogens is 1. The van der Waals surface area contributed by atoms with Gasteiger partial charge in [0.2, 0.25) is 5.91 Å². The summed E-state index contributed by atoms with van der Waals surface area (Å²) in [5.41, 5.74) is 1.35. The number of aryl methyl sites for hydroxylation is 1. The Hall–Kier alpha value is -3.81. The summed E-state index contributed by atoms with van der Waals surface area (Å²) in [6, 6.07) is 11.2. The molecule has 0 aliphatic heterocycles. The third-order valence-corrected chi connectivity index (χ3v) is 4.15. The number of rotatable bonds is 6. The maximum absolute atomic E-state index is 13.4. The maximum Gasteiger partial charge on any atom is 0.224 e. The summed E-state index contributed by atoms with van der Waals surface area (Å²) in [4.78, 5) is 16.4. The van der Waals surface area contributed by atoms with E-state index in [2.05, 4.69) is 25.7 Å². The number of hydrogen-bond donors (Lipinski definition) is 2. The third kappa shape index (κ3) is 3.96. The number of carbonyl (C=O) groups is 1. The Balaban J connectivity index is 1.56. The summed E-state index contributed by atoms with van der Waals surface area (Å²) in [7, 11) is 0. The smallest absolute Gasteiger partial charge is 0.224 e. The number of nitrogens with one attached hydrogen (secondary N) is 2. The number of hydrogen-bond acceptors (Lipinski definition) is 5. The van der Waals surface area contributed by atoms with Gasteiger partial charge in [0.15, 0.2) is 0 Å². The lowest BCUT2D eigenvalue weighted by atomic mass is 10.1. The van der Waals surface area contributed by atoms with Gasteiger partial charge in [0, 0.05) is 42.1 Å². The van der Waals surface area contributed by atoms with Crippen molar-refractivity contribution in [3.63, 3.8) is 0 Å². The lowest BCUT2D eigenvalue weighted by Crippen LogP contribution is -2.12. The van der Waals surface area contributed by atoms with Crippen molar-refractivity contribution in [1.82, 2.24) is 20.4 Å². The Kier molecular flexibility index (Phi) is 4.92. The topological polar surface area (TPSA) is 92.8 Å². The SMILES string of the molecule is O=C(CCc1cn[nH]n1)Nc1ccc(Oc2cccc(F)c2)c2ccncc12. The van der Waals surface area contributed by atoms with Crippen LogP contribution < -0.4 is 10.1 Å². The average Bonchev–Trinajstić information content (AvgIpc) is 3.22. The molecule has 0 atom stereocenters. The molecule has 0 spiro atoms. The molecule has 0 aliphatic rings. The molecular weight excluding hydrogens is 361 g/mol. The predicted octanol–water partition coefficient (Wildman–Crippen LogP) is 3.86. The van der Waals surface area contributed by atoms with Crippen molar-refractivity contribution in [1.29, 1.82) is 0 Å². The Morgan fingerprint density at radius 3 is 2.89 bits per heavy atom. The van der Waals surface area contributed by atoms with Gasteiger partial charge in [-0.2, -0.15) is 15.4 Å². The van der Waals surface area contributed by atoms with E-state index in [1.807, 2.05) is 0 Å². The van der Waals surface area contributed by atoms with Crippen LogP contribution in [0.5, 0.6) is 11.5 Å². The number of anilines is 1. The quantitative estimate of drug-likeness (QED) is 0.532. The molecule has 0 aliphatic carbocycles. The molecule has 0 fully saturated rings. The lowest BCUT2D eigenvalue weighted by Gasteiger charge is -2.13. The molecule has 28 heavy (non-hydrogen) atoms. The largest absolute Gasteiger partial charge is 0.457 e. The number of aromatic nitrogens is 4. The zero-order valence-electron chi connectivity index (χ0n) is 14.7. The van der Waals surface area contributed by atoms with Gasteiger partial charge in [-0.25, -0.2) is 4.39 Å². The van der Waals surface area contributed by atoms with Gasteiger partial charge < -0.3 is 10.1 Å². The fourth-order valence-electron chi connectivity index (χ4n) is 2.82. The molecule has 0 saturated carbocycles. The fourth-order valence-corrected chi connectivity index (χ4v) is 2.82. The minimum atomic E-state index is -0.375. The molecule has 140 valence electrons. The third-order valence-electron chi connectivity index (χ3n) is 4.15. The molecule has 1 amide bonds. The van der Waals surface area contributed by atoms with E-state index in [-0.39, 0.29) is 18.1 Å². The molecule has 0 bridgehead atoms. The van der Waals surface area contributed by atoms with E-state index in [1.165, 1.54) is 12.1 Å². The molecular formula is C20H16FN5O2. The van der Waals surface area contributed by atoms with Crippen molar-refractivity contribution in [2.45, 2.75) is 12.8 Å². The van der Waals surface area contributed by atoms with Gasteiger partial charge in [-0.1, -0.05) is 6.07 Å². The normalized spacial score (nSPS) is 10.8. The monoisotopic (exact) mass is 377 g/mol. The molecule has 8 heteroatoms. The molecule has 4 aromatic rings. The molecule has 2 heterocycles. The first-order valence-corrected chi connectivity index (χ1v) is 8.64. The van der Waals surface area contributed by atoms with Gasteiger partial charge in [-0.3, -0.25) is 9.78 Å². The Labute approximate surface area is 159 Å². The number of fused-ring (bicyclic) bond motifs is 1. The Morgan fingerprint density at radius 2 is 2.07 bits per heavy atom. The van der Waals surface area contributed by atoms with Crippen LogP contribution in [0.1, 0.15) is 12.1 Å². The highest BCUT2D eigenvalue weighted by atomic mass is 19.1. The number of H-pyrrole nitrogens is 1. The number of aromatic amines is 1. The number of pyridine rings is 1. The Bertz CT molecular complexity index is 1110. The first-order valence-electron chi connectivity index (χ1n) is 8.64. The minimum Gasteiger partial charge on any atom is -0.457 e. The highest BCUT2D eigenvalue weighted by Crippen LogP contribution is 2.34. The second-order valence-corrected chi connectivity index (χ2v) is 6.10. The first kappa shape index (κ1) is 17.6. The summed E-state index contributed by atoms with van der Waals surface area (Å²) in [6.07, 6.45) is 5.64. The summed E-state index contributed by atoms with van der Waals surface area (Å²) < 4.78 is 19.2. The Morgan fingerprint density at radius 1 is 1.14 bits per heavy atom. The molecule has 7 nitrogen and oxygen atoms in total. The highest BCUT2D eigenvalue weighted by molar-refractivity contribution is 6.04. The van der Waals surface area contributed by atoms with Crippen LogP contribution in [0.4, 0.5) is 10.1 Å². The van der Waals surface area contributed by atoms with Crippen molar-refractivity contribution in [2.75, 3.05) is 5.32 Å². The number of ether oxygens (including phenoxy) is 1. The second-order valence-electron chi connectivity index (χ2n) is 6.10. The summed E-state index contributed by atoms with van der Waals surface area (Å²) >= 11 is 0. The van der Waals surface area contributed by atoms with Gasteiger partial charge in [0.1, 0.15) is 17.3 Å². The van der Waals surface area contributed by atoms with Crippen molar-refractivity contribution in [3.05, 3.63) is 72.6 Å². The number of nitrogens with zero attached hydrogens (tertiary/aromatic N) is 3. The van der Waals surface area contributed by atoms with Crippen molar-refractivity contribution >= 4 is 22.4 Å². The lowest BCUT2D eigenvalue weighted by molar-refractivity contribution is -0.116. The van der Waals surface area contributed by atoms with Crippen LogP contribution >= 0.6 is 0 Å². The molecule has 0 unspecified atom stereocenters. The molecule has 0 radical (unpaired) electrons. The van der Waals surface area contributed by atoms with Crippen molar-refractivity contribution in [2.24, 2.45) is 0 Å². The summed E-state index contributed by atoms with van der Waals surface area (Å²) in [5, 5.41) is 14.6. The van der Waals surface area contributed by atoms with E-state index >= 15 is 0 Å². The minimum absolute atomic E-state index is 0.146. The summed E-state index contributed by atoms with van der Waals surface area (Å²) in [6.45, 7) is 0. The number of amides is 1. The molecule has 2 N–H and O–H groups in total. The first-order chi connectivity index (χ1) is 13.7. The van der Waals surface area contributed by atoms with Crippen LogP contribution in [0.3, 0.4) is 0 Å². The van der Waals surface area contributed by atoms with Crippen molar-refractivity contribution < 1.29 is 13.9 Å². The van der Waals surface area contributed by atoms with Crippen LogP contribution in [0.15, 0.2) is 61.1 Å². The van der Waals surface area contributed by atoms with Crippen LogP contribution in [0.25, 0.3) is 10.8 Å². The van der Waals surface area contributed by atoms with Gasteiger partial charge in [0.05, 0.1) is 17.6 Å². The zero-order valence-corrected chi connectivity index (χ0v) is 14.7. The standard InChI is InChI=1S/C20H16FN5O2/c21-13-2-1-3-15(10-13)28-19-6-5-18(17-12-22-9-8-16(17)19)24-20(27)7-4-14-11-23-26-25-14/h1-3,5-6,8-12H,4,7H2,(H,24,27)(H,23,25,26). The zero-order chi connectivity index (χ0) is 19.3. The predicted molar refractivity (Wildman–Crippen MR) is 102 cm³/mol. The second kappa shape index (κ2) is 7.83. The number of benzene rings is 2. The molecule has 4 rings (SSSR count). The van der Waals surface area contributed by atoms with Crippen LogP contribution in [-0.4, -0.2) is 26.3 Å². The van der Waals surface area contributed by atoms with Crippen LogP contribution in [0.2, 0.25) is 0 Å². The molecule has 2 aromatic heterocycles. The van der Waals surface area contributed by atoms with E-state index in [0.29, 0.717) is 23.6 Å². The van der Waals surface area contributed by atoms with Gasteiger partial charge in [0.25, 0.3) is 0 Å². The van der Waals surface area contributed by atoms with Crippen LogP contribution in [0, 0.1) is 5.82 Å². The average molecular weight is 377 g/mol. The van der Waals surface area contributed by atoms with Crippen LogP contribution in [-0.2, 0) is 11.2 Å². The van der Waals surface area contributed by atoms with Gasteiger partial charge in [-0.05, 0) is 30.3 Å². The summed E-state index contributed by atoms with van der Waals surface area (Å²) in [5.74, 6) is 0.414. The highest BCUT2D eigenvalue weighted by Gasteiger charge is 2.11.